The maximum Gasteiger partial charge on any atom is 0.223 e. The molecule has 1 aliphatic heterocycles. The van der Waals surface area contributed by atoms with Crippen molar-refractivity contribution >= 4 is 28.4 Å². The van der Waals surface area contributed by atoms with E-state index in [1.807, 2.05) is 18.2 Å². The van der Waals surface area contributed by atoms with Crippen LogP contribution in [-0.4, -0.2) is 35.0 Å². The number of carbonyl (C=O) groups is 1. The van der Waals surface area contributed by atoms with Gasteiger partial charge in [0.05, 0.1) is 0 Å². The fourth-order valence-corrected chi connectivity index (χ4v) is 4.73. The lowest BCUT2D eigenvalue weighted by molar-refractivity contribution is -0.126. The first-order chi connectivity index (χ1) is 15.1. The molecule has 0 spiro atoms. The molecule has 0 radical (unpaired) electrons. The van der Waals surface area contributed by atoms with Gasteiger partial charge in [0.2, 0.25) is 5.91 Å². The molecule has 1 N–H and O–H groups in total. The molecule has 0 unspecified atom stereocenters. The number of nitrogens with zero attached hydrogens (tertiary/aromatic N) is 2. The Morgan fingerprint density at radius 1 is 1.06 bits per heavy atom. The summed E-state index contributed by atoms with van der Waals surface area (Å²) in [5.41, 5.74) is 3.77. The zero-order valence-electron chi connectivity index (χ0n) is 18.3. The molecule has 1 aromatic heterocycles. The molecule has 2 heterocycles. The Morgan fingerprint density at radius 2 is 1.87 bits per heavy atom. The fraction of sp³-hybridized carbons (Fsp3) is 0.423. The standard InChI is InChI=1S/C26H32ClN3O/c1-2-3-13-28-26(31)21-11-14-29(15-12-21)19-24-17-22-8-4-5-10-25(22)30(24)18-20-7-6-9-23(27)16-20/h4-10,16-17,21H,2-3,11-15,18-19H2,1H3,(H,28,31). The van der Waals surface area contributed by atoms with Crippen LogP contribution in [0, 0.1) is 5.92 Å². The van der Waals surface area contributed by atoms with Crippen molar-refractivity contribution in [3.05, 3.63) is 70.9 Å². The number of likely N-dealkylation sites (tertiary alicyclic amines) is 1. The predicted molar refractivity (Wildman–Crippen MR) is 128 cm³/mol. The maximum atomic E-state index is 12.4. The number of carbonyl (C=O) groups excluding carboxylic acids is 1. The lowest BCUT2D eigenvalue weighted by Crippen LogP contribution is -2.40. The Morgan fingerprint density at radius 3 is 2.65 bits per heavy atom. The highest BCUT2D eigenvalue weighted by Gasteiger charge is 2.25. The maximum absolute atomic E-state index is 12.4. The van der Waals surface area contributed by atoms with Gasteiger partial charge in [0.1, 0.15) is 0 Å². The number of fused-ring (bicyclic) bond motifs is 1. The van der Waals surface area contributed by atoms with Gasteiger partial charge in [-0.3, -0.25) is 9.69 Å². The van der Waals surface area contributed by atoms with Crippen molar-refractivity contribution in [2.75, 3.05) is 19.6 Å². The van der Waals surface area contributed by atoms with Crippen LogP contribution in [0.4, 0.5) is 0 Å². The van der Waals surface area contributed by atoms with Gasteiger partial charge in [-0.1, -0.05) is 55.3 Å². The van der Waals surface area contributed by atoms with Crippen molar-refractivity contribution in [3.8, 4) is 0 Å². The summed E-state index contributed by atoms with van der Waals surface area (Å²) in [7, 11) is 0. The molecule has 0 aliphatic carbocycles. The van der Waals surface area contributed by atoms with Gasteiger partial charge >= 0.3 is 0 Å². The third-order valence-electron chi connectivity index (χ3n) is 6.30. The highest BCUT2D eigenvalue weighted by Crippen LogP contribution is 2.25. The Bertz CT molecular complexity index is 1020. The summed E-state index contributed by atoms with van der Waals surface area (Å²) in [6.07, 6.45) is 4.04. The van der Waals surface area contributed by atoms with Gasteiger partial charge in [-0.15, -0.1) is 0 Å². The van der Waals surface area contributed by atoms with Gasteiger partial charge in [0, 0.05) is 41.8 Å². The quantitative estimate of drug-likeness (QED) is 0.474. The first-order valence-electron chi connectivity index (χ1n) is 11.5. The molecule has 0 atom stereocenters. The van der Waals surface area contributed by atoms with Crippen LogP contribution >= 0.6 is 11.6 Å². The average molecular weight is 438 g/mol. The highest BCUT2D eigenvalue weighted by atomic mass is 35.5. The minimum absolute atomic E-state index is 0.158. The second-order valence-electron chi connectivity index (χ2n) is 8.61. The first-order valence-corrected chi connectivity index (χ1v) is 11.8. The zero-order valence-corrected chi connectivity index (χ0v) is 19.1. The molecule has 0 saturated carbocycles. The molecule has 1 amide bonds. The van der Waals surface area contributed by atoms with Crippen molar-refractivity contribution in [1.82, 2.24) is 14.8 Å². The fourth-order valence-electron chi connectivity index (χ4n) is 4.52. The molecular weight excluding hydrogens is 406 g/mol. The molecule has 4 nitrogen and oxygen atoms in total. The minimum Gasteiger partial charge on any atom is -0.356 e. The number of piperidine rings is 1. The van der Waals surface area contributed by atoms with Crippen LogP contribution < -0.4 is 5.32 Å². The van der Waals surface area contributed by atoms with Crippen molar-refractivity contribution < 1.29 is 4.79 Å². The summed E-state index contributed by atoms with van der Waals surface area (Å²) in [5, 5.41) is 5.15. The van der Waals surface area contributed by atoms with Crippen LogP contribution in [-0.2, 0) is 17.9 Å². The van der Waals surface area contributed by atoms with Crippen LogP contribution in [0.5, 0.6) is 0 Å². The lowest BCUT2D eigenvalue weighted by Gasteiger charge is -2.31. The normalized spacial score (nSPS) is 15.4. The number of unbranched alkanes of at least 4 members (excludes halogenated alkanes) is 1. The number of amides is 1. The first kappa shape index (κ1) is 21.9. The van der Waals surface area contributed by atoms with Crippen molar-refractivity contribution in [2.45, 2.75) is 45.7 Å². The van der Waals surface area contributed by atoms with E-state index in [-0.39, 0.29) is 11.8 Å². The molecular formula is C26H32ClN3O. The SMILES string of the molecule is CCCCNC(=O)C1CCN(Cc2cc3ccccc3n2Cc2cccc(Cl)c2)CC1. The van der Waals surface area contributed by atoms with Crippen LogP contribution in [0.3, 0.4) is 0 Å². The molecule has 0 bridgehead atoms. The number of rotatable bonds is 8. The highest BCUT2D eigenvalue weighted by molar-refractivity contribution is 6.30. The van der Waals surface area contributed by atoms with Gasteiger partial charge in [-0.05, 0) is 67.6 Å². The predicted octanol–water partition coefficient (Wildman–Crippen LogP) is 5.47. The Kier molecular flexibility index (Phi) is 7.31. The van der Waals surface area contributed by atoms with Gasteiger partial charge in [-0.25, -0.2) is 0 Å². The molecule has 5 heteroatoms. The van der Waals surface area contributed by atoms with Crippen LogP contribution in [0.2, 0.25) is 5.02 Å². The summed E-state index contributed by atoms with van der Waals surface area (Å²) in [5.74, 6) is 0.397. The van der Waals surface area contributed by atoms with Gasteiger partial charge < -0.3 is 9.88 Å². The Balaban J connectivity index is 1.45. The summed E-state index contributed by atoms with van der Waals surface area (Å²) >= 11 is 6.23. The third kappa shape index (κ3) is 5.50. The van der Waals surface area contributed by atoms with Gasteiger partial charge in [0.25, 0.3) is 0 Å². The summed E-state index contributed by atoms with van der Waals surface area (Å²) in [6, 6.07) is 19.0. The molecule has 164 valence electrons. The largest absolute Gasteiger partial charge is 0.356 e. The number of benzene rings is 2. The summed E-state index contributed by atoms with van der Waals surface area (Å²) < 4.78 is 2.41. The molecule has 3 aromatic rings. The van der Waals surface area contributed by atoms with Crippen molar-refractivity contribution in [3.63, 3.8) is 0 Å². The third-order valence-corrected chi connectivity index (χ3v) is 6.53. The van der Waals surface area contributed by atoms with E-state index >= 15 is 0 Å². The molecule has 1 saturated heterocycles. The molecule has 2 aromatic carbocycles. The van der Waals surface area contributed by atoms with E-state index in [0.717, 1.165) is 63.4 Å². The zero-order chi connectivity index (χ0) is 21.6. The number of halogens is 1. The Labute approximate surface area is 190 Å². The topological polar surface area (TPSA) is 37.3 Å². The Hall–Kier alpha value is -2.30. The van der Waals surface area contributed by atoms with Crippen LogP contribution in [0.15, 0.2) is 54.6 Å². The van der Waals surface area contributed by atoms with E-state index in [1.54, 1.807) is 0 Å². The van der Waals surface area contributed by atoms with E-state index in [2.05, 4.69) is 58.1 Å². The van der Waals surface area contributed by atoms with E-state index < -0.39 is 0 Å². The van der Waals surface area contributed by atoms with E-state index in [1.165, 1.54) is 22.2 Å². The van der Waals surface area contributed by atoms with Crippen LogP contribution in [0.1, 0.15) is 43.9 Å². The summed E-state index contributed by atoms with van der Waals surface area (Å²) in [4.78, 5) is 14.9. The number of aromatic nitrogens is 1. The van der Waals surface area contributed by atoms with Crippen molar-refractivity contribution in [1.29, 1.82) is 0 Å². The van der Waals surface area contributed by atoms with E-state index in [0.29, 0.717) is 0 Å². The monoisotopic (exact) mass is 437 g/mol. The molecule has 1 fully saturated rings. The lowest BCUT2D eigenvalue weighted by atomic mass is 9.95. The average Bonchev–Trinajstić information content (AvgIpc) is 3.11. The molecule has 4 rings (SSSR count). The summed E-state index contributed by atoms with van der Waals surface area (Å²) in [6.45, 7) is 6.59. The van der Waals surface area contributed by atoms with E-state index in [9.17, 15) is 4.79 Å². The number of hydrogen-bond acceptors (Lipinski definition) is 2. The number of para-hydroxylation sites is 1. The second kappa shape index (κ2) is 10.3. The van der Waals surface area contributed by atoms with Crippen molar-refractivity contribution in [2.24, 2.45) is 5.92 Å². The van der Waals surface area contributed by atoms with E-state index in [4.69, 9.17) is 11.6 Å². The van der Waals surface area contributed by atoms with Crippen LogP contribution in [0.25, 0.3) is 10.9 Å². The minimum atomic E-state index is 0.158. The smallest absolute Gasteiger partial charge is 0.223 e. The second-order valence-corrected chi connectivity index (χ2v) is 9.04. The van der Waals surface area contributed by atoms with Gasteiger partial charge in [-0.2, -0.15) is 0 Å². The number of nitrogens with one attached hydrogen (secondary N) is 1. The molecule has 1 aliphatic rings. The van der Waals surface area contributed by atoms with Gasteiger partial charge in [0.15, 0.2) is 0 Å². The number of hydrogen-bond donors (Lipinski definition) is 1. The molecule has 31 heavy (non-hydrogen) atoms.